The SMILES string of the molecule is CCc1cc2c(cc1Cc1nc3c(N)nc(F)nc3n1CCC(N)=O)CCC2. The highest BCUT2D eigenvalue weighted by Crippen LogP contribution is 2.28. The zero-order valence-electron chi connectivity index (χ0n) is 15.8. The lowest BCUT2D eigenvalue weighted by molar-refractivity contribution is -0.118. The second-order valence-electron chi connectivity index (χ2n) is 7.22. The smallest absolute Gasteiger partial charge is 0.312 e. The number of amides is 1. The Labute approximate surface area is 162 Å². The normalized spacial score (nSPS) is 13.2. The third kappa shape index (κ3) is 3.30. The van der Waals surface area contributed by atoms with Crippen LogP contribution >= 0.6 is 0 Å². The maximum Gasteiger partial charge on any atom is 0.312 e. The van der Waals surface area contributed by atoms with Crippen molar-refractivity contribution in [2.75, 3.05) is 5.73 Å². The van der Waals surface area contributed by atoms with E-state index in [4.69, 9.17) is 11.5 Å². The summed E-state index contributed by atoms with van der Waals surface area (Å²) in [6, 6.07) is 4.55. The number of nitrogen functional groups attached to an aromatic ring is 1. The summed E-state index contributed by atoms with van der Waals surface area (Å²) in [5.41, 5.74) is 17.1. The van der Waals surface area contributed by atoms with Gasteiger partial charge in [0, 0.05) is 19.4 Å². The Hall–Kier alpha value is -3.03. The minimum absolute atomic E-state index is 0.00811. The number of imidazole rings is 1. The molecule has 28 heavy (non-hydrogen) atoms. The molecule has 8 heteroatoms. The van der Waals surface area contributed by atoms with Crippen LogP contribution in [0.15, 0.2) is 12.1 Å². The molecule has 0 saturated carbocycles. The van der Waals surface area contributed by atoms with Gasteiger partial charge in [0.15, 0.2) is 17.0 Å². The number of nitrogens with two attached hydrogens (primary N) is 2. The summed E-state index contributed by atoms with van der Waals surface area (Å²) in [5, 5.41) is 0. The maximum absolute atomic E-state index is 13.7. The van der Waals surface area contributed by atoms with Crippen molar-refractivity contribution in [2.45, 2.75) is 52.0 Å². The molecule has 0 aliphatic heterocycles. The molecule has 1 aromatic carbocycles. The van der Waals surface area contributed by atoms with E-state index in [0.29, 0.717) is 23.4 Å². The molecule has 1 amide bonds. The van der Waals surface area contributed by atoms with Crippen molar-refractivity contribution in [3.8, 4) is 0 Å². The van der Waals surface area contributed by atoms with Crippen molar-refractivity contribution in [1.82, 2.24) is 19.5 Å². The second-order valence-corrected chi connectivity index (χ2v) is 7.22. The molecule has 7 nitrogen and oxygen atoms in total. The summed E-state index contributed by atoms with van der Waals surface area (Å²) in [6.45, 7) is 2.40. The van der Waals surface area contributed by atoms with Gasteiger partial charge in [-0.2, -0.15) is 14.4 Å². The molecule has 0 radical (unpaired) electrons. The van der Waals surface area contributed by atoms with Crippen molar-refractivity contribution < 1.29 is 9.18 Å². The summed E-state index contributed by atoms with van der Waals surface area (Å²) in [4.78, 5) is 23.3. The fourth-order valence-electron chi connectivity index (χ4n) is 4.02. The third-order valence-electron chi connectivity index (χ3n) is 5.40. The van der Waals surface area contributed by atoms with E-state index in [1.165, 1.54) is 28.7 Å². The average molecular weight is 382 g/mol. The van der Waals surface area contributed by atoms with Gasteiger partial charge < -0.3 is 16.0 Å². The minimum Gasteiger partial charge on any atom is -0.382 e. The quantitative estimate of drug-likeness (QED) is 0.634. The average Bonchev–Trinajstić information content (AvgIpc) is 3.23. The molecule has 0 atom stereocenters. The van der Waals surface area contributed by atoms with Gasteiger partial charge in [0.05, 0.1) is 0 Å². The molecule has 4 N–H and O–H groups in total. The van der Waals surface area contributed by atoms with Gasteiger partial charge in [-0.3, -0.25) is 4.79 Å². The summed E-state index contributed by atoms with van der Waals surface area (Å²) >= 11 is 0. The summed E-state index contributed by atoms with van der Waals surface area (Å²) in [6.07, 6.45) is 4.06. The Morgan fingerprint density at radius 1 is 1.18 bits per heavy atom. The van der Waals surface area contributed by atoms with Gasteiger partial charge in [0.2, 0.25) is 5.91 Å². The third-order valence-corrected chi connectivity index (χ3v) is 5.40. The van der Waals surface area contributed by atoms with Crippen molar-refractivity contribution >= 4 is 22.9 Å². The molecule has 0 spiro atoms. The van der Waals surface area contributed by atoms with Crippen LogP contribution in [0, 0.1) is 6.08 Å². The number of hydrogen-bond acceptors (Lipinski definition) is 5. The first kappa shape index (κ1) is 18.3. The number of aryl methyl sites for hydroxylation is 4. The number of primary amides is 1. The lowest BCUT2D eigenvalue weighted by Gasteiger charge is -2.13. The molecule has 1 aliphatic carbocycles. The molecule has 0 fully saturated rings. The lowest BCUT2D eigenvalue weighted by Crippen LogP contribution is -2.16. The summed E-state index contributed by atoms with van der Waals surface area (Å²) < 4.78 is 15.5. The van der Waals surface area contributed by atoms with Gasteiger partial charge in [0.1, 0.15) is 5.82 Å². The number of hydrogen-bond donors (Lipinski definition) is 2. The van der Waals surface area contributed by atoms with Crippen molar-refractivity contribution in [3.63, 3.8) is 0 Å². The fraction of sp³-hybridized carbons (Fsp3) is 0.400. The van der Waals surface area contributed by atoms with Crippen LogP contribution < -0.4 is 11.5 Å². The first-order valence-corrected chi connectivity index (χ1v) is 9.56. The van der Waals surface area contributed by atoms with E-state index in [1.54, 1.807) is 4.57 Å². The van der Waals surface area contributed by atoms with E-state index in [2.05, 4.69) is 34.0 Å². The number of rotatable bonds is 6. The first-order valence-electron chi connectivity index (χ1n) is 9.56. The zero-order chi connectivity index (χ0) is 19.8. The van der Waals surface area contributed by atoms with Gasteiger partial charge in [-0.1, -0.05) is 19.1 Å². The summed E-state index contributed by atoms with van der Waals surface area (Å²) in [7, 11) is 0. The minimum atomic E-state index is -0.913. The standard InChI is InChI=1S/C20H23FN6O/c1-2-11-8-12-4-3-5-13(12)9-14(11)10-16-24-17-18(23)25-20(21)26-19(17)27(16)7-6-15(22)28/h8-9H,2-7,10H2,1H3,(H2,22,28)(H2,23,25,26). The number of fused-ring (bicyclic) bond motifs is 2. The van der Waals surface area contributed by atoms with Crippen LogP contribution in [0.5, 0.6) is 0 Å². The predicted octanol–water partition coefficient (Wildman–Crippen LogP) is 2.06. The molecule has 0 unspecified atom stereocenters. The fourth-order valence-corrected chi connectivity index (χ4v) is 4.02. The van der Waals surface area contributed by atoms with Crippen LogP contribution in [-0.4, -0.2) is 25.4 Å². The number of anilines is 1. The summed E-state index contributed by atoms with van der Waals surface area (Å²) in [5.74, 6) is 0.226. The molecular weight excluding hydrogens is 359 g/mol. The van der Waals surface area contributed by atoms with Crippen LogP contribution in [0.2, 0.25) is 0 Å². The highest BCUT2D eigenvalue weighted by Gasteiger charge is 2.20. The van der Waals surface area contributed by atoms with E-state index < -0.39 is 12.0 Å². The molecule has 146 valence electrons. The Morgan fingerprint density at radius 3 is 2.57 bits per heavy atom. The molecule has 2 heterocycles. The number of nitrogens with zero attached hydrogens (tertiary/aromatic N) is 4. The van der Waals surface area contributed by atoms with Crippen LogP contribution in [-0.2, 0) is 37.0 Å². The van der Waals surface area contributed by atoms with Crippen molar-refractivity contribution in [2.24, 2.45) is 5.73 Å². The van der Waals surface area contributed by atoms with E-state index >= 15 is 0 Å². The highest BCUT2D eigenvalue weighted by atomic mass is 19.1. The Bertz CT molecular complexity index is 1070. The molecule has 2 aromatic heterocycles. The monoisotopic (exact) mass is 382 g/mol. The maximum atomic E-state index is 13.7. The molecule has 0 bridgehead atoms. The molecule has 3 aromatic rings. The van der Waals surface area contributed by atoms with Gasteiger partial charge in [-0.15, -0.1) is 0 Å². The number of benzene rings is 1. The van der Waals surface area contributed by atoms with Crippen LogP contribution in [0.1, 0.15) is 47.8 Å². The lowest BCUT2D eigenvalue weighted by atomic mass is 9.96. The van der Waals surface area contributed by atoms with Crippen LogP contribution in [0.3, 0.4) is 0 Å². The van der Waals surface area contributed by atoms with Gasteiger partial charge >= 0.3 is 6.08 Å². The van der Waals surface area contributed by atoms with Crippen molar-refractivity contribution in [3.05, 3.63) is 46.3 Å². The Morgan fingerprint density at radius 2 is 1.89 bits per heavy atom. The van der Waals surface area contributed by atoms with Crippen LogP contribution in [0.25, 0.3) is 11.2 Å². The van der Waals surface area contributed by atoms with E-state index in [1.807, 2.05) is 0 Å². The van der Waals surface area contributed by atoms with E-state index in [9.17, 15) is 9.18 Å². The van der Waals surface area contributed by atoms with Gasteiger partial charge in [-0.25, -0.2) is 4.98 Å². The topological polar surface area (TPSA) is 113 Å². The number of aromatic nitrogens is 4. The van der Waals surface area contributed by atoms with Gasteiger partial charge in [0.25, 0.3) is 0 Å². The van der Waals surface area contributed by atoms with Crippen LogP contribution in [0.4, 0.5) is 10.2 Å². The van der Waals surface area contributed by atoms with Crippen molar-refractivity contribution in [1.29, 1.82) is 0 Å². The molecule has 4 rings (SSSR count). The zero-order valence-corrected chi connectivity index (χ0v) is 15.8. The molecule has 1 aliphatic rings. The Balaban J connectivity index is 1.81. The first-order chi connectivity index (χ1) is 13.5. The number of carbonyl (C=O) groups is 1. The number of carbonyl (C=O) groups excluding carboxylic acids is 1. The van der Waals surface area contributed by atoms with E-state index in [0.717, 1.165) is 19.3 Å². The largest absolute Gasteiger partial charge is 0.382 e. The Kier molecular flexibility index (Phi) is 4.70. The predicted molar refractivity (Wildman–Crippen MR) is 104 cm³/mol. The molecule has 0 saturated heterocycles. The molecular formula is C20H23FN6O. The highest BCUT2D eigenvalue weighted by molar-refractivity contribution is 5.82. The number of halogens is 1. The second kappa shape index (κ2) is 7.18. The van der Waals surface area contributed by atoms with E-state index in [-0.39, 0.29) is 18.8 Å². The van der Waals surface area contributed by atoms with Gasteiger partial charge in [-0.05, 0) is 47.9 Å².